The Balaban J connectivity index is 2.44. The fourth-order valence-corrected chi connectivity index (χ4v) is 2.04. The van der Waals surface area contributed by atoms with Crippen LogP contribution in [0, 0.1) is 6.92 Å². The summed E-state index contributed by atoms with van der Waals surface area (Å²) >= 11 is 0. The SMILES string of the molecule is CCOC(=O)C(=O)c1ccc2c(c1)c(C)cn2C. The van der Waals surface area contributed by atoms with E-state index in [2.05, 4.69) is 0 Å². The second-order valence-corrected chi connectivity index (χ2v) is 4.20. The van der Waals surface area contributed by atoms with E-state index in [4.69, 9.17) is 4.74 Å². The molecule has 0 N–H and O–H groups in total. The van der Waals surface area contributed by atoms with Crippen molar-refractivity contribution in [3.05, 3.63) is 35.5 Å². The number of fused-ring (bicyclic) bond motifs is 1. The number of nitrogens with zero attached hydrogens (tertiary/aromatic N) is 1. The first-order valence-corrected chi connectivity index (χ1v) is 5.81. The summed E-state index contributed by atoms with van der Waals surface area (Å²) in [5.41, 5.74) is 2.48. The number of hydrogen-bond acceptors (Lipinski definition) is 3. The molecule has 0 amide bonds. The second kappa shape index (κ2) is 4.64. The lowest BCUT2D eigenvalue weighted by atomic mass is 10.1. The molecule has 1 heterocycles. The summed E-state index contributed by atoms with van der Waals surface area (Å²) in [7, 11) is 1.95. The molecular weight excluding hydrogens is 230 g/mol. The third kappa shape index (κ3) is 2.01. The zero-order chi connectivity index (χ0) is 13.3. The number of aryl methyl sites for hydroxylation is 2. The fourth-order valence-electron chi connectivity index (χ4n) is 2.04. The summed E-state index contributed by atoms with van der Waals surface area (Å²) in [6.07, 6.45) is 1.99. The Morgan fingerprint density at radius 3 is 2.72 bits per heavy atom. The van der Waals surface area contributed by atoms with Crippen LogP contribution in [0.15, 0.2) is 24.4 Å². The maximum absolute atomic E-state index is 11.8. The van der Waals surface area contributed by atoms with E-state index in [0.29, 0.717) is 5.56 Å². The molecule has 0 bridgehead atoms. The smallest absolute Gasteiger partial charge is 0.379 e. The van der Waals surface area contributed by atoms with Crippen molar-refractivity contribution in [3.63, 3.8) is 0 Å². The Morgan fingerprint density at radius 2 is 2.06 bits per heavy atom. The van der Waals surface area contributed by atoms with E-state index in [-0.39, 0.29) is 6.61 Å². The third-order valence-electron chi connectivity index (χ3n) is 2.91. The summed E-state index contributed by atoms with van der Waals surface area (Å²) in [5.74, 6) is -1.40. The van der Waals surface area contributed by atoms with Crippen LogP contribution in [-0.4, -0.2) is 22.9 Å². The van der Waals surface area contributed by atoms with E-state index in [1.54, 1.807) is 19.1 Å². The molecule has 4 heteroatoms. The zero-order valence-electron chi connectivity index (χ0n) is 10.7. The highest BCUT2D eigenvalue weighted by Crippen LogP contribution is 2.21. The molecule has 0 saturated carbocycles. The number of benzene rings is 1. The predicted molar refractivity (Wildman–Crippen MR) is 68.6 cm³/mol. The minimum Gasteiger partial charge on any atom is -0.460 e. The fraction of sp³-hybridized carbons (Fsp3) is 0.286. The molecule has 1 aromatic heterocycles. The average molecular weight is 245 g/mol. The Hall–Kier alpha value is -2.10. The van der Waals surface area contributed by atoms with Crippen LogP contribution >= 0.6 is 0 Å². The van der Waals surface area contributed by atoms with Gasteiger partial charge in [-0.15, -0.1) is 0 Å². The summed E-state index contributed by atoms with van der Waals surface area (Å²) in [4.78, 5) is 23.2. The molecule has 0 aliphatic carbocycles. The van der Waals surface area contributed by atoms with Gasteiger partial charge in [-0.25, -0.2) is 4.79 Å². The number of carbonyl (C=O) groups excluding carboxylic acids is 2. The van der Waals surface area contributed by atoms with Crippen LogP contribution in [0.5, 0.6) is 0 Å². The Kier molecular flexibility index (Phi) is 3.19. The monoisotopic (exact) mass is 245 g/mol. The molecule has 0 fully saturated rings. The van der Waals surface area contributed by atoms with Gasteiger partial charge in [0, 0.05) is 29.7 Å². The first-order valence-electron chi connectivity index (χ1n) is 5.81. The van der Waals surface area contributed by atoms with Gasteiger partial charge in [0.2, 0.25) is 0 Å². The minimum absolute atomic E-state index is 0.206. The third-order valence-corrected chi connectivity index (χ3v) is 2.91. The Morgan fingerprint density at radius 1 is 1.33 bits per heavy atom. The van der Waals surface area contributed by atoms with Gasteiger partial charge in [-0.3, -0.25) is 4.79 Å². The molecular formula is C14H15NO3. The highest BCUT2D eigenvalue weighted by molar-refractivity contribution is 6.40. The van der Waals surface area contributed by atoms with Crippen molar-refractivity contribution < 1.29 is 14.3 Å². The zero-order valence-corrected chi connectivity index (χ0v) is 10.7. The molecule has 0 atom stereocenters. The first kappa shape index (κ1) is 12.4. The molecule has 0 aliphatic rings. The van der Waals surface area contributed by atoms with Crippen molar-refractivity contribution in [2.45, 2.75) is 13.8 Å². The van der Waals surface area contributed by atoms with Crippen molar-refractivity contribution >= 4 is 22.7 Å². The maximum atomic E-state index is 11.8. The molecule has 0 radical (unpaired) electrons. The van der Waals surface area contributed by atoms with Gasteiger partial charge in [0.15, 0.2) is 0 Å². The van der Waals surface area contributed by atoms with Gasteiger partial charge in [-0.05, 0) is 37.6 Å². The van der Waals surface area contributed by atoms with Crippen molar-refractivity contribution in [3.8, 4) is 0 Å². The van der Waals surface area contributed by atoms with Gasteiger partial charge in [0.05, 0.1) is 6.61 Å². The number of ether oxygens (including phenoxy) is 1. The minimum atomic E-state index is -0.801. The summed E-state index contributed by atoms with van der Waals surface area (Å²) in [6.45, 7) is 3.86. The van der Waals surface area contributed by atoms with Crippen LogP contribution in [-0.2, 0) is 16.6 Å². The van der Waals surface area contributed by atoms with Crippen molar-refractivity contribution in [1.29, 1.82) is 0 Å². The van der Waals surface area contributed by atoms with Crippen LogP contribution in [0.3, 0.4) is 0 Å². The largest absolute Gasteiger partial charge is 0.460 e. The molecule has 0 saturated heterocycles. The molecule has 18 heavy (non-hydrogen) atoms. The maximum Gasteiger partial charge on any atom is 0.379 e. The average Bonchev–Trinajstić information content (AvgIpc) is 2.64. The van der Waals surface area contributed by atoms with Crippen molar-refractivity contribution in [1.82, 2.24) is 4.57 Å². The number of rotatable bonds is 3. The topological polar surface area (TPSA) is 48.3 Å². The van der Waals surface area contributed by atoms with Crippen LogP contribution in [0.4, 0.5) is 0 Å². The van der Waals surface area contributed by atoms with E-state index in [0.717, 1.165) is 16.5 Å². The Bertz CT molecular complexity index is 625. The van der Waals surface area contributed by atoms with Crippen molar-refractivity contribution in [2.75, 3.05) is 6.61 Å². The molecule has 0 spiro atoms. The molecule has 4 nitrogen and oxygen atoms in total. The summed E-state index contributed by atoms with van der Waals surface area (Å²) in [6, 6.07) is 5.24. The Labute approximate surface area is 105 Å². The summed E-state index contributed by atoms with van der Waals surface area (Å²) in [5, 5.41) is 0.979. The predicted octanol–water partition coefficient (Wildman–Crippen LogP) is 2.23. The van der Waals surface area contributed by atoms with Crippen molar-refractivity contribution in [2.24, 2.45) is 7.05 Å². The highest BCUT2D eigenvalue weighted by atomic mass is 16.5. The lowest BCUT2D eigenvalue weighted by Gasteiger charge is -2.02. The summed E-state index contributed by atoms with van der Waals surface area (Å²) < 4.78 is 6.70. The number of ketones is 1. The van der Waals surface area contributed by atoms with Crippen LogP contribution in [0.25, 0.3) is 10.9 Å². The standard InChI is InChI=1S/C14H15NO3/c1-4-18-14(17)13(16)10-5-6-12-11(7-10)9(2)8-15(12)3/h5-8H,4H2,1-3H3. The quantitative estimate of drug-likeness (QED) is 0.473. The molecule has 94 valence electrons. The van der Waals surface area contributed by atoms with Gasteiger partial charge in [0.25, 0.3) is 5.78 Å². The number of esters is 1. The van der Waals surface area contributed by atoms with Gasteiger partial charge in [-0.2, -0.15) is 0 Å². The molecule has 0 aliphatic heterocycles. The van der Waals surface area contributed by atoms with Gasteiger partial charge >= 0.3 is 5.97 Å². The van der Waals surface area contributed by atoms with E-state index < -0.39 is 11.8 Å². The van der Waals surface area contributed by atoms with Crippen LogP contribution in [0.1, 0.15) is 22.8 Å². The van der Waals surface area contributed by atoms with Gasteiger partial charge < -0.3 is 9.30 Å². The molecule has 2 rings (SSSR count). The van der Waals surface area contributed by atoms with E-state index in [1.807, 2.05) is 30.8 Å². The number of aromatic nitrogens is 1. The molecule has 0 unspecified atom stereocenters. The number of carbonyl (C=O) groups is 2. The highest BCUT2D eigenvalue weighted by Gasteiger charge is 2.18. The van der Waals surface area contributed by atoms with E-state index in [1.165, 1.54) is 0 Å². The van der Waals surface area contributed by atoms with Gasteiger partial charge in [0.1, 0.15) is 0 Å². The second-order valence-electron chi connectivity index (χ2n) is 4.20. The normalized spacial score (nSPS) is 10.6. The van der Waals surface area contributed by atoms with Crippen LogP contribution in [0.2, 0.25) is 0 Å². The van der Waals surface area contributed by atoms with Gasteiger partial charge in [-0.1, -0.05) is 0 Å². The number of hydrogen-bond donors (Lipinski definition) is 0. The number of Topliss-reactive ketones (excluding diaryl/α,β-unsaturated/α-hetero) is 1. The van der Waals surface area contributed by atoms with E-state index in [9.17, 15) is 9.59 Å². The first-order chi connectivity index (χ1) is 8.54. The van der Waals surface area contributed by atoms with Crippen LogP contribution < -0.4 is 0 Å². The molecule has 2 aromatic rings. The lowest BCUT2D eigenvalue weighted by Crippen LogP contribution is -2.17. The molecule has 1 aromatic carbocycles. The lowest BCUT2D eigenvalue weighted by molar-refractivity contribution is -0.137. The van der Waals surface area contributed by atoms with E-state index >= 15 is 0 Å².